The van der Waals surface area contributed by atoms with Gasteiger partial charge in [0.15, 0.2) is 5.82 Å². The van der Waals surface area contributed by atoms with Crippen LogP contribution >= 0.6 is 11.6 Å². The van der Waals surface area contributed by atoms with Crippen LogP contribution in [0.4, 0.5) is 0 Å². The first-order valence-electron chi connectivity index (χ1n) is 5.82. The van der Waals surface area contributed by atoms with Crippen molar-refractivity contribution in [1.82, 2.24) is 14.8 Å². The number of ether oxygens (including phenoxy) is 1. The normalized spacial score (nSPS) is 10.9. The van der Waals surface area contributed by atoms with Crippen LogP contribution in [0.2, 0.25) is 0 Å². The van der Waals surface area contributed by atoms with Crippen LogP contribution in [-0.4, -0.2) is 21.9 Å². The minimum absolute atomic E-state index is 0.278. The molecule has 2 aromatic rings. The molecule has 1 heterocycles. The molecule has 0 saturated carbocycles. The van der Waals surface area contributed by atoms with Gasteiger partial charge in [0.1, 0.15) is 11.6 Å². The van der Waals surface area contributed by atoms with E-state index < -0.39 is 0 Å². The molecule has 0 amide bonds. The molecule has 0 aliphatic rings. The van der Waals surface area contributed by atoms with Gasteiger partial charge in [0, 0.05) is 12.0 Å². The number of aromatic nitrogens is 3. The topological polar surface area (TPSA) is 39.9 Å². The average molecular weight is 266 g/mol. The van der Waals surface area contributed by atoms with Gasteiger partial charge in [-0.1, -0.05) is 19.9 Å². The van der Waals surface area contributed by atoms with Crippen LogP contribution in [0.15, 0.2) is 24.3 Å². The number of halogens is 1. The maximum atomic E-state index is 5.92. The summed E-state index contributed by atoms with van der Waals surface area (Å²) in [5.74, 6) is 3.06. The molecule has 4 nitrogen and oxygen atoms in total. The maximum Gasteiger partial charge on any atom is 0.152 e. The fourth-order valence-electron chi connectivity index (χ4n) is 1.82. The van der Waals surface area contributed by atoms with Crippen LogP contribution < -0.4 is 4.74 Å². The zero-order chi connectivity index (χ0) is 13.1. The zero-order valence-corrected chi connectivity index (χ0v) is 11.5. The van der Waals surface area contributed by atoms with E-state index in [0.29, 0.717) is 5.88 Å². The summed E-state index contributed by atoms with van der Waals surface area (Å²) in [4.78, 5) is 0. The van der Waals surface area contributed by atoms with E-state index in [1.54, 1.807) is 7.11 Å². The average Bonchev–Trinajstić information content (AvgIpc) is 2.82. The molecule has 0 radical (unpaired) electrons. The summed E-state index contributed by atoms with van der Waals surface area (Å²) in [6.45, 7) is 4.16. The van der Waals surface area contributed by atoms with Crippen LogP contribution in [0.1, 0.15) is 31.4 Å². The van der Waals surface area contributed by atoms with Gasteiger partial charge in [0.25, 0.3) is 0 Å². The molecule has 1 aromatic carbocycles. The molecule has 5 heteroatoms. The van der Waals surface area contributed by atoms with Gasteiger partial charge in [-0.15, -0.1) is 21.8 Å². The van der Waals surface area contributed by atoms with Gasteiger partial charge in [-0.25, -0.2) is 0 Å². The quantitative estimate of drug-likeness (QED) is 0.798. The lowest BCUT2D eigenvalue weighted by Gasteiger charge is -2.12. The van der Waals surface area contributed by atoms with Gasteiger partial charge in [-0.2, -0.15) is 0 Å². The van der Waals surface area contributed by atoms with E-state index in [1.165, 1.54) is 0 Å². The molecule has 0 saturated heterocycles. The molecule has 0 N–H and O–H groups in total. The zero-order valence-electron chi connectivity index (χ0n) is 10.7. The van der Waals surface area contributed by atoms with E-state index in [9.17, 15) is 0 Å². The molecule has 1 aromatic heterocycles. The highest BCUT2D eigenvalue weighted by Crippen LogP contribution is 2.23. The van der Waals surface area contributed by atoms with Crippen LogP contribution in [0, 0.1) is 0 Å². The van der Waals surface area contributed by atoms with E-state index >= 15 is 0 Å². The minimum atomic E-state index is 0.278. The van der Waals surface area contributed by atoms with Gasteiger partial charge in [0.2, 0.25) is 0 Å². The van der Waals surface area contributed by atoms with E-state index in [1.807, 2.05) is 28.8 Å². The molecule has 0 aliphatic heterocycles. The summed E-state index contributed by atoms with van der Waals surface area (Å²) in [5, 5.41) is 8.33. The van der Waals surface area contributed by atoms with E-state index in [-0.39, 0.29) is 5.92 Å². The molecular formula is C13H16ClN3O. The number of alkyl halides is 1. The Hall–Kier alpha value is -1.55. The standard InChI is InChI=1S/C13H16ClN3O/c1-9(2)13-16-15-12(8-14)17(13)10-5-4-6-11(7-10)18-3/h4-7,9H,8H2,1-3H3. The number of benzene rings is 1. The first-order valence-corrected chi connectivity index (χ1v) is 6.35. The molecule has 96 valence electrons. The predicted octanol–water partition coefficient (Wildman–Crippen LogP) is 3.14. The lowest BCUT2D eigenvalue weighted by molar-refractivity contribution is 0.414. The molecule has 0 spiro atoms. The van der Waals surface area contributed by atoms with Crippen molar-refractivity contribution in [2.75, 3.05) is 7.11 Å². The Morgan fingerprint density at radius 3 is 2.72 bits per heavy atom. The molecule has 18 heavy (non-hydrogen) atoms. The Kier molecular flexibility index (Phi) is 3.87. The van der Waals surface area contributed by atoms with Gasteiger partial charge in [0.05, 0.1) is 18.7 Å². The largest absolute Gasteiger partial charge is 0.497 e. The van der Waals surface area contributed by atoms with Crippen LogP contribution in [-0.2, 0) is 5.88 Å². The van der Waals surface area contributed by atoms with Crippen molar-refractivity contribution >= 4 is 11.6 Å². The molecule has 0 bridgehead atoms. The Bertz CT molecular complexity index is 537. The Labute approximate surface area is 112 Å². The Balaban J connectivity index is 2.57. The summed E-state index contributed by atoms with van der Waals surface area (Å²) < 4.78 is 7.23. The lowest BCUT2D eigenvalue weighted by Crippen LogP contribution is -2.06. The third kappa shape index (κ3) is 2.34. The molecule has 0 aliphatic carbocycles. The van der Waals surface area contributed by atoms with Gasteiger partial charge < -0.3 is 4.74 Å². The van der Waals surface area contributed by atoms with Crippen molar-refractivity contribution in [2.45, 2.75) is 25.6 Å². The Morgan fingerprint density at radius 2 is 2.11 bits per heavy atom. The summed E-state index contributed by atoms with van der Waals surface area (Å²) in [7, 11) is 1.65. The van der Waals surface area contributed by atoms with E-state index in [0.717, 1.165) is 23.1 Å². The molecule has 0 atom stereocenters. The fourth-order valence-corrected chi connectivity index (χ4v) is 1.99. The second kappa shape index (κ2) is 5.40. The second-order valence-electron chi connectivity index (χ2n) is 4.30. The maximum absolute atomic E-state index is 5.92. The van der Waals surface area contributed by atoms with Crippen molar-refractivity contribution < 1.29 is 4.74 Å². The highest BCUT2D eigenvalue weighted by molar-refractivity contribution is 6.16. The number of methoxy groups -OCH3 is 1. The number of hydrogen-bond donors (Lipinski definition) is 0. The number of hydrogen-bond acceptors (Lipinski definition) is 3. The van der Waals surface area contributed by atoms with Gasteiger partial charge in [-0.05, 0) is 12.1 Å². The first-order chi connectivity index (χ1) is 8.67. The molecule has 0 fully saturated rings. The third-order valence-electron chi connectivity index (χ3n) is 2.70. The number of nitrogens with zero attached hydrogens (tertiary/aromatic N) is 3. The second-order valence-corrected chi connectivity index (χ2v) is 4.57. The van der Waals surface area contributed by atoms with Crippen molar-refractivity contribution in [2.24, 2.45) is 0 Å². The lowest BCUT2D eigenvalue weighted by atomic mass is 10.2. The molecule has 0 unspecified atom stereocenters. The van der Waals surface area contributed by atoms with E-state index in [2.05, 4.69) is 24.0 Å². The minimum Gasteiger partial charge on any atom is -0.497 e. The monoisotopic (exact) mass is 265 g/mol. The molecular weight excluding hydrogens is 250 g/mol. The van der Waals surface area contributed by atoms with Crippen molar-refractivity contribution in [3.8, 4) is 11.4 Å². The van der Waals surface area contributed by atoms with Crippen LogP contribution in [0.3, 0.4) is 0 Å². The first kappa shape index (κ1) is 12.9. The third-order valence-corrected chi connectivity index (χ3v) is 2.94. The van der Waals surface area contributed by atoms with Crippen LogP contribution in [0.25, 0.3) is 5.69 Å². The Morgan fingerprint density at radius 1 is 1.33 bits per heavy atom. The van der Waals surface area contributed by atoms with Crippen LogP contribution in [0.5, 0.6) is 5.75 Å². The fraction of sp³-hybridized carbons (Fsp3) is 0.385. The van der Waals surface area contributed by atoms with Gasteiger partial charge >= 0.3 is 0 Å². The SMILES string of the molecule is COc1cccc(-n2c(CCl)nnc2C(C)C)c1. The summed E-state index contributed by atoms with van der Waals surface area (Å²) in [6.07, 6.45) is 0. The number of rotatable bonds is 4. The highest BCUT2D eigenvalue weighted by Gasteiger charge is 2.15. The molecule has 2 rings (SSSR count). The summed E-state index contributed by atoms with van der Waals surface area (Å²) in [5.41, 5.74) is 0.971. The smallest absolute Gasteiger partial charge is 0.152 e. The summed E-state index contributed by atoms with van der Waals surface area (Å²) >= 11 is 5.92. The highest BCUT2D eigenvalue weighted by atomic mass is 35.5. The van der Waals surface area contributed by atoms with E-state index in [4.69, 9.17) is 16.3 Å². The van der Waals surface area contributed by atoms with Gasteiger partial charge in [-0.3, -0.25) is 4.57 Å². The van der Waals surface area contributed by atoms with Crippen molar-refractivity contribution in [3.63, 3.8) is 0 Å². The van der Waals surface area contributed by atoms with Crippen molar-refractivity contribution in [1.29, 1.82) is 0 Å². The summed E-state index contributed by atoms with van der Waals surface area (Å²) in [6, 6.07) is 7.79. The predicted molar refractivity (Wildman–Crippen MR) is 71.6 cm³/mol. The van der Waals surface area contributed by atoms with Crippen molar-refractivity contribution in [3.05, 3.63) is 35.9 Å².